The summed E-state index contributed by atoms with van der Waals surface area (Å²) < 4.78 is 13.8. The van der Waals surface area contributed by atoms with Gasteiger partial charge in [0.05, 0.1) is 13.0 Å². The molecule has 0 bridgehead atoms. The molecule has 0 radical (unpaired) electrons. The molecule has 2 nitrogen and oxygen atoms in total. The molecule has 1 aliphatic rings. The first kappa shape index (κ1) is 12.2. The van der Waals surface area contributed by atoms with Crippen LogP contribution in [-0.2, 0) is 17.8 Å². The van der Waals surface area contributed by atoms with E-state index in [-0.39, 0.29) is 18.3 Å². The lowest BCUT2D eigenvalue weighted by Gasteiger charge is -2.18. The van der Waals surface area contributed by atoms with E-state index in [0.29, 0.717) is 17.0 Å². The smallest absolute Gasteiger partial charge is 0.231 e. The topological polar surface area (TPSA) is 20.3 Å². The first-order valence-corrected chi connectivity index (χ1v) is 6.36. The molecular weight excluding hydrogens is 265 g/mol. The molecule has 1 aliphatic heterocycles. The minimum atomic E-state index is -0.385. The normalized spacial score (nSPS) is 13.8. The molecule has 0 atom stereocenters. The Bertz CT molecular complexity index is 636. The van der Waals surface area contributed by atoms with Gasteiger partial charge in [-0.3, -0.25) is 4.79 Å². The highest BCUT2D eigenvalue weighted by atomic mass is 35.5. The lowest BCUT2D eigenvalue weighted by Crippen LogP contribution is -2.26. The van der Waals surface area contributed by atoms with Gasteiger partial charge in [0.2, 0.25) is 5.91 Å². The third-order valence-electron chi connectivity index (χ3n) is 3.30. The van der Waals surface area contributed by atoms with Gasteiger partial charge in [-0.25, -0.2) is 4.39 Å². The quantitative estimate of drug-likeness (QED) is 0.820. The second kappa shape index (κ2) is 4.67. The molecule has 1 amide bonds. The number of amides is 1. The number of carbonyl (C=O) groups is 1. The molecule has 2 aromatic carbocycles. The van der Waals surface area contributed by atoms with Gasteiger partial charge in [-0.15, -0.1) is 0 Å². The van der Waals surface area contributed by atoms with Crippen molar-refractivity contribution in [2.45, 2.75) is 13.0 Å². The molecular formula is C15H11ClFNO. The maximum Gasteiger partial charge on any atom is 0.231 e. The Kier molecular flexibility index (Phi) is 2.99. The lowest BCUT2D eigenvalue weighted by molar-refractivity contribution is -0.117. The molecule has 96 valence electrons. The van der Waals surface area contributed by atoms with Crippen LogP contribution in [0.5, 0.6) is 0 Å². The Labute approximate surface area is 115 Å². The zero-order valence-corrected chi connectivity index (χ0v) is 10.8. The van der Waals surface area contributed by atoms with Crippen LogP contribution in [0.25, 0.3) is 0 Å². The van der Waals surface area contributed by atoms with Gasteiger partial charge >= 0.3 is 0 Å². The van der Waals surface area contributed by atoms with Gasteiger partial charge in [-0.05, 0) is 23.8 Å². The van der Waals surface area contributed by atoms with Crippen LogP contribution < -0.4 is 4.90 Å². The van der Waals surface area contributed by atoms with Crippen molar-refractivity contribution in [3.63, 3.8) is 0 Å². The molecule has 0 saturated carbocycles. The minimum Gasteiger partial charge on any atom is -0.307 e. The maximum absolute atomic E-state index is 13.8. The summed E-state index contributed by atoms with van der Waals surface area (Å²) in [6.07, 6.45) is 0.363. The Morgan fingerprint density at radius 3 is 2.74 bits per heavy atom. The predicted octanol–water partition coefficient (Wildman–Crippen LogP) is 3.57. The number of halogens is 2. The third kappa shape index (κ3) is 2.10. The molecule has 1 heterocycles. The molecule has 0 N–H and O–H groups in total. The molecule has 0 aromatic heterocycles. The molecule has 0 spiro atoms. The monoisotopic (exact) mass is 275 g/mol. The molecule has 4 heteroatoms. The molecule has 2 aromatic rings. The van der Waals surface area contributed by atoms with E-state index in [1.54, 1.807) is 17.0 Å². The van der Waals surface area contributed by atoms with Gasteiger partial charge in [0.25, 0.3) is 0 Å². The van der Waals surface area contributed by atoms with Crippen LogP contribution in [0.15, 0.2) is 42.5 Å². The van der Waals surface area contributed by atoms with Crippen molar-refractivity contribution < 1.29 is 9.18 Å². The van der Waals surface area contributed by atoms with Crippen LogP contribution in [0.3, 0.4) is 0 Å². The summed E-state index contributed by atoms with van der Waals surface area (Å²) in [6.45, 7) is 0.168. The Hall–Kier alpha value is -1.87. The number of anilines is 1. The van der Waals surface area contributed by atoms with Gasteiger partial charge in [-0.2, -0.15) is 0 Å². The van der Waals surface area contributed by atoms with E-state index in [2.05, 4.69) is 0 Å². The number of benzene rings is 2. The average Bonchev–Trinajstić information content (AvgIpc) is 2.70. The van der Waals surface area contributed by atoms with Crippen LogP contribution >= 0.6 is 11.6 Å². The first-order chi connectivity index (χ1) is 9.16. The van der Waals surface area contributed by atoms with Crippen molar-refractivity contribution >= 4 is 23.2 Å². The fraction of sp³-hybridized carbons (Fsp3) is 0.133. The van der Waals surface area contributed by atoms with Gasteiger partial charge in [0, 0.05) is 16.3 Å². The van der Waals surface area contributed by atoms with Crippen molar-refractivity contribution in [2.24, 2.45) is 0 Å². The molecule has 19 heavy (non-hydrogen) atoms. The van der Waals surface area contributed by atoms with Crippen molar-refractivity contribution in [1.82, 2.24) is 0 Å². The third-order valence-corrected chi connectivity index (χ3v) is 3.66. The molecule has 0 fully saturated rings. The van der Waals surface area contributed by atoms with Gasteiger partial charge in [0.1, 0.15) is 5.82 Å². The highest BCUT2D eigenvalue weighted by molar-refractivity contribution is 6.31. The Balaban J connectivity index is 1.98. The number of rotatable bonds is 2. The molecule has 0 aliphatic carbocycles. The molecule has 0 unspecified atom stereocenters. The second-order valence-electron chi connectivity index (χ2n) is 4.49. The number of hydrogen-bond donors (Lipinski definition) is 0. The summed E-state index contributed by atoms with van der Waals surface area (Å²) in [5.74, 6) is -0.412. The van der Waals surface area contributed by atoms with E-state index in [0.717, 1.165) is 11.3 Å². The predicted molar refractivity (Wildman–Crippen MR) is 72.7 cm³/mol. The molecule has 0 saturated heterocycles. The standard InChI is InChI=1S/C15H11ClFNO/c16-12-5-3-6-13(17)11(12)9-18-14-7-2-1-4-10(14)8-15(18)19/h1-7H,8-9H2. The summed E-state index contributed by atoms with van der Waals surface area (Å²) in [6, 6.07) is 12.1. The van der Waals surface area contributed by atoms with Gasteiger partial charge in [0.15, 0.2) is 0 Å². The minimum absolute atomic E-state index is 0.0273. The van der Waals surface area contributed by atoms with E-state index in [9.17, 15) is 9.18 Å². The Morgan fingerprint density at radius 2 is 1.95 bits per heavy atom. The fourth-order valence-corrected chi connectivity index (χ4v) is 2.55. The number of nitrogens with zero attached hydrogens (tertiary/aromatic N) is 1. The van der Waals surface area contributed by atoms with Crippen LogP contribution in [0, 0.1) is 5.82 Å². The summed E-state index contributed by atoms with van der Waals surface area (Å²) in [5.41, 5.74) is 2.17. The van der Waals surface area contributed by atoms with E-state index < -0.39 is 0 Å². The maximum atomic E-state index is 13.8. The number of para-hydroxylation sites is 1. The van der Waals surface area contributed by atoms with Crippen LogP contribution in [0.4, 0.5) is 10.1 Å². The SMILES string of the molecule is O=C1Cc2ccccc2N1Cc1c(F)cccc1Cl. The van der Waals surface area contributed by atoms with Crippen LogP contribution in [0.2, 0.25) is 5.02 Å². The van der Waals surface area contributed by atoms with Crippen LogP contribution in [0.1, 0.15) is 11.1 Å². The number of hydrogen-bond acceptors (Lipinski definition) is 1. The number of fused-ring (bicyclic) bond motifs is 1. The van der Waals surface area contributed by atoms with Gasteiger partial charge in [-0.1, -0.05) is 35.9 Å². The van der Waals surface area contributed by atoms with Crippen molar-refractivity contribution in [3.8, 4) is 0 Å². The van der Waals surface area contributed by atoms with E-state index in [1.165, 1.54) is 6.07 Å². The van der Waals surface area contributed by atoms with Crippen molar-refractivity contribution in [3.05, 3.63) is 64.4 Å². The highest BCUT2D eigenvalue weighted by Gasteiger charge is 2.27. The lowest BCUT2D eigenvalue weighted by atomic mass is 10.1. The van der Waals surface area contributed by atoms with Crippen LogP contribution in [-0.4, -0.2) is 5.91 Å². The van der Waals surface area contributed by atoms with Crippen molar-refractivity contribution in [1.29, 1.82) is 0 Å². The highest BCUT2D eigenvalue weighted by Crippen LogP contribution is 2.31. The van der Waals surface area contributed by atoms with E-state index in [1.807, 2.05) is 24.3 Å². The van der Waals surface area contributed by atoms with Crippen molar-refractivity contribution in [2.75, 3.05) is 4.90 Å². The number of carbonyl (C=O) groups excluding carboxylic acids is 1. The van der Waals surface area contributed by atoms with Gasteiger partial charge < -0.3 is 4.90 Å². The van der Waals surface area contributed by atoms with E-state index >= 15 is 0 Å². The zero-order chi connectivity index (χ0) is 13.4. The summed E-state index contributed by atoms with van der Waals surface area (Å²) >= 11 is 6.00. The summed E-state index contributed by atoms with van der Waals surface area (Å²) in [5, 5.41) is 0.345. The second-order valence-corrected chi connectivity index (χ2v) is 4.89. The summed E-state index contributed by atoms with van der Waals surface area (Å²) in [7, 11) is 0. The zero-order valence-electron chi connectivity index (χ0n) is 10.1. The Morgan fingerprint density at radius 1 is 1.16 bits per heavy atom. The first-order valence-electron chi connectivity index (χ1n) is 5.98. The fourth-order valence-electron chi connectivity index (χ4n) is 2.33. The largest absolute Gasteiger partial charge is 0.307 e. The van der Waals surface area contributed by atoms with E-state index in [4.69, 9.17) is 11.6 Å². The average molecular weight is 276 g/mol. The molecule has 3 rings (SSSR count). The summed E-state index contributed by atoms with van der Waals surface area (Å²) in [4.78, 5) is 13.6.